The zero-order chi connectivity index (χ0) is 18.5. The highest BCUT2D eigenvalue weighted by molar-refractivity contribution is 5.98. The van der Waals surface area contributed by atoms with Gasteiger partial charge >= 0.3 is 0 Å². The fraction of sp³-hybridized carbons (Fsp3) is 0.263. The monoisotopic (exact) mass is 357 g/mol. The van der Waals surface area contributed by atoms with Gasteiger partial charge in [0.1, 0.15) is 11.6 Å². The van der Waals surface area contributed by atoms with Gasteiger partial charge in [-0.05, 0) is 55.2 Å². The molecule has 26 heavy (non-hydrogen) atoms. The number of hydrogen-bond acceptors (Lipinski definition) is 4. The summed E-state index contributed by atoms with van der Waals surface area (Å²) < 4.78 is 23.6. The van der Waals surface area contributed by atoms with E-state index >= 15 is 0 Å². The van der Waals surface area contributed by atoms with Gasteiger partial charge in [0, 0.05) is 18.3 Å². The van der Waals surface area contributed by atoms with Crippen LogP contribution in [0.4, 0.5) is 4.39 Å². The van der Waals surface area contributed by atoms with Crippen LogP contribution in [0, 0.1) is 12.7 Å². The molecule has 2 N–H and O–H groups in total. The largest absolute Gasteiger partial charge is 0.496 e. The van der Waals surface area contributed by atoms with Crippen LogP contribution in [0.15, 0.2) is 41.2 Å². The normalized spacial score (nSPS) is 10.7. The Kier molecular flexibility index (Phi) is 5.36. The van der Waals surface area contributed by atoms with Crippen molar-refractivity contribution in [3.63, 3.8) is 0 Å². The molecule has 0 unspecified atom stereocenters. The van der Waals surface area contributed by atoms with Crippen molar-refractivity contribution in [2.24, 2.45) is 0 Å². The number of benzene rings is 1. The Labute approximate surface area is 150 Å². The number of nitrogens with one attached hydrogen (secondary N) is 2. The fourth-order valence-corrected chi connectivity index (χ4v) is 2.70. The van der Waals surface area contributed by atoms with Crippen molar-refractivity contribution in [1.29, 1.82) is 0 Å². The summed E-state index contributed by atoms with van der Waals surface area (Å²) in [6, 6.07) is 7.02. The molecular weight excluding hydrogens is 337 g/mol. The summed E-state index contributed by atoms with van der Waals surface area (Å²) in [5, 5.41) is 5.41. The molecule has 0 bridgehead atoms. The van der Waals surface area contributed by atoms with Gasteiger partial charge in [-0.2, -0.15) is 0 Å². The second kappa shape index (κ2) is 7.86. The maximum atomic E-state index is 13.1. The molecule has 0 spiro atoms. The van der Waals surface area contributed by atoms with Gasteiger partial charge in [-0.25, -0.2) is 9.55 Å². The lowest BCUT2D eigenvalue weighted by Gasteiger charge is -2.13. The van der Waals surface area contributed by atoms with Gasteiger partial charge in [0.05, 0.1) is 13.3 Å². The number of methoxy groups -OCH3 is 1. The van der Waals surface area contributed by atoms with Crippen molar-refractivity contribution >= 4 is 5.91 Å². The standard InChI is InChI=1S/C19H20FN3O3/c1-12-8-14(5-6-16(12)25-2)18-17(23-26-18)19(24)22-7-3-4-13-9-15(20)11-21-10-13/h5-6,8-11,23H,3-4,7H2,1-2H3,(H,22,24). The molecule has 1 aromatic carbocycles. The molecule has 2 heterocycles. The smallest absolute Gasteiger partial charge is 0.274 e. The van der Waals surface area contributed by atoms with E-state index in [1.807, 2.05) is 25.1 Å². The van der Waals surface area contributed by atoms with Crippen LogP contribution in [0.1, 0.15) is 28.0 Å². The molecule has 7 heteroatoms. The number of halogens is 1. The van der Waals surface area contributed by atoms with E-state index in [4.69, 9.17) is 9.26 Å². The Bertz CT molecular complexity index is 901. The highest BCUT2D eigenvalue weighted by atomic mass is 19.1. The molecule has 136 valence electrons. The van der Waals surface area contributed by atoms with Gasteiger partial charge in [-0.1, -0.05) is 0 Å². The zero-order valence-corrected chi connectivity index (χ0v) is 14.6. The second-order valence-corrected chi connectivity index (χ2v) is 5.96. The number of aromatic amines is 1. The molecule has 0 saturated carbocycles. The molecule has 2 aromatic heterocycles. The third kappa shape index (κ3) is 3.93. The lowest BCUT2D eigenvalue weighted by molar-refractivity contribution is 0.0928. The molecule has 0 fully saturated rings. The number of pyridine rings is 1. The number of nitrogens with zero attached hydrogens (tertiary/aromatic N) is 1. The van der Waals surface area contributed by atoms with Crippen LogP contribution in [-0.2, 0) is 6.42 Å². The van der Waals surface area contributed by atoms with E-state index in [9.17, 15) is 9.18 Å². The van der Waals surface area contributed by atoms with Gasteiger partial charge in [0.2, 0.25) is 0 Å². The quantitative estimate of drug-likeness (QED) is 0.634. The highest BCUT2D eigenvalue weighted by Gasteiger charge is 2.20. The maximum Gasteiger partial charge on any atom is 0.274 e. The lowest BCUT2D eigenvalue weighted by atomic mass is 10.1. The Morgan fingerprint density at radius 3 is 2.85 bits per heavy atom. The van der Waals surface area contributed by atoms with E-state index in [1.54, 1.807) is 13.3 Å². The molecule has 3 rings (SSSR count). The zero-order valence-electron chi connectivity index (χ0n) is 14.6. The predicted octanol–water partition coefficient (Wildman–Crippen LogP) is 3.49. The first-order chi connectivity index (χ1) is 12.6. The van der Waals surface area contributed by atoms with Crippen molar-refractivity contribution in [1.82, 2.24) is 15.5 Å². The Morgan fingerprint density at radius 2 is 2.19 bits per heavy atom. The summed E-state index contributed by atoms with van der Waals surface area (Å²) in [5.74, 6) is 0.686. The number of ether oxygens (including phenoxy) is 1. The highest BCUT2D eigenvalue weighted by Crippen LogP contribution is 2.29. The van der Waals surface area contributed by atoms with Crippen molar-refractivity contribution < 1.29 is 18.4 Å². The number of carbonyl (C=O) groups is 1. The molecular formula is C19H20FN3O3. The van der Waals surface area contributed by atoms with Gasteiger partial charge in [0.15, 0.2) is 11.5 Å². The van der Waals surface area contributed by atoms with Crippen LogP contribution >= 0.6 is 0 Å². The Hall–Kier alpha value is -3.09. The molecule has 1 amide bonds. The lowest BCUT2D eigenvalue weighted by Crippen LogP contribution is -2.27. The molecule has 0 aliphatic carbocycles. The third-order valence-electron chi connectivity index (χ3n) is 4.06. The first kappa shape index (κ1) is 17.7. The van der Waals surface area contributed by atoms with Crippen molar-refractivity contribution in [3.8, 4) is 17.1 Å². The van der Waals surface area contributed by atoms with Crippen LogP contribution in [0.3, 0.4) is 0 Å². The molecule has 0 atom stereocenters. The average Bonchev–Trinajstić information content (AvgIpc) is 2.58. The minimum absolute atomic E-state index is 0.239. The molecule has 3 aromatic rings. The Morgan fingerprint density at radius 1 is 1.35 bits per heavy atom. The van der Waals surface area contributed by atoms with Crippen LogP contribution in [-0.4, -0.2) is 29.7 Å². The van der Waals surface area contributed by atoms with Crippen molar-refractivity contribution in [2.45, 2.75) is 19.8 Å². The second-order valence-electron chi connectivity index (χ2n) is 5.96. The summed E-state index contributed by atoms with van der Waals surface area (Å²) >= 11 is 0. The first-order valence-corrected chi connectivity index (χ1v) is 8.28. The molecule has 0 aliphatic rings. The van der Waals surface area contributed by atoms with E-state index in [0.29, 0.717) is 30.8 Å². The number of hydrogen-bond donors (Lipinski definition) is 2. The number of aromatic nitrogens is 2. The van der Waals surface area contributed by atoms with E-state index in [-0.39, 0.29) is 11.7 Å². The summed E-state index contributed by atoms with van der Waals surface area (Å²) in [5.41, 5.74) is 2.95. The summed E-state index contributed by atoms with van der Waals surface area (Å²) in [7, 11) is 1.61. The predicted molar refractivity (Wildman–Crippen MR) is 94.6 cm³/mol. The fourth-order valence-electron chi connectivity index (χ4n) is 2.70. The SMILES string of the molecule is COc1ccc(-c2o[nH]c2C(=O)NCCCc2cncc(F)c2)cc1C. The van der Waals surface area contributed by atoms with Gasteiger partial charge in [0.25, 0.3) is 5.91 Å². The van der Waals surface area contributed by atoms with E-state index in [1.165, 1.54) is 12.3 Å². The van der Waals surface area contributed by atoms with Crippen LogP contribution in [0.25, 0.3) is 11.3 Å². The third-order valence-corrected chi connectivity index (χ3v) is 4.06. The van der Waals surface area contributed by atoms with E-state index < -0.39 is 0 Å². The number of amides is 1. The van der Waals surface area contributed by atoms with Crippen LogP contribution in [0.2, 0.25) is 0 Å². The Balaban J connectivity index is 1.55. The van der Waals surface area contributed by atoms with E-state index in [2.05, 4.69) is 15.5 Å². The van der Waals surface area contributed by atoms with Gasteiger partial charge in [-0.3, -0.25) is 9.78 Å². The van der Waals surface area contributed by atoms with Gasteiger partial charge in [-0.15, -0.1) is 0 Å². The molecule has 6 nitrogen and oxygen atoms in total. The number of rotatable bonds is 7. The topological polar surface area (TPSA) is 80.1 Å². The minimum Gasteiger partial charge on any atom is -0.496 e. The summed E-state index contributed by atoms with van der Waals surface area (Å²) in [6.07, 6.45) is 4.11. The number of H-pyrrole nitrogens is 1. The van der Waals surface area contributed by atoms with Gasteiger partial charge < -0.3 is 14.6 Å². The van der Waals surface area contributed by atoms with Crippen LogP contribution < -0.4 is 10.1 Å². The number of aryl methyl sites for hydroxylation is 2. The van der Waals surface area contributed by atoms with Crippen LogP contribution in [0.5, 0.6) is 5.75 Å². The average molecular weight is 357 g/mol. The molecule has 0 aliphatic heterocycles. The summed E-state index contributed by atoms with van der Waals surface area (Å²) in [6.45, 7) is 2.39. The first-order valence-electron chi connectivity index (χ1n) is 8.28. The minimum atomic E-state index is -0.355. The van der Waals surface area contributed by atoms with Crippen molar-refractivity contribution in [3.05, 3.63) is 59.3 Å². The number of carbonyl (C=O) groups excluding carboxylic acids is 1. The summed E-state index contributed by atoms with van der Waals surface area (Å²) in [4.78, 5) is 16.1. The van der Waals surface area contributed by atoms with E-state index in [0.717, 1.165) is 22.4 Å². The molecule has 0 radical (unpaired) electrons. The maximum absolute atomic E-state index is 13.1. The van der Waals surface area contributed by atoms with Crippen molar-refractivity contribution in [2.75, 3.05) is 13.7 Å². The molecule has 0 saturated heterocycles.